The molecule has 1 unspecified atom stereocenters. The molecule has 1 atom stereocenters. The summed E-state index contributed by atoms with van der Waals surface area (Å²) < 4.78 is 0. The molecule has 88 valence electrons. The van der Waals surface area contributed by atoms with Crippen LogP contribution >= 0.6 is 0 Å². The van der Waals surface area contributed by atoms with Crippen molar-refractivity contribution in [3.63, 3.8) is 0 Å². The number of hydrogen-bond acceptors (Lipinski definition) is 2. The van der Waals surface area contributed by atoms with Crippen LogP contribution in [0.15, 0.2) is 24.5 Å². The van der Waals surface area contributed by atoms with E-state index in [1.54, 1.807) is 0 Å². The van der Waals surface area contributed by atoms with Crippen molar-refractivity contribution in [1.82, 2.24) is 4.98 Å². The van der Waals surface area contributed by atoms with Gasteiger partial charge in [0.2, 0.25) is 0 Å². The van der Waals surface area contributed by atoms with Crippen LogP contribution in [-0.2, 0) is 6.42 Å². The van der Waals surface area contributed by atoms with E-state index in [0.717, 1.165) is 12.3 Å². The molecule has 16 heavy (non-hydrogen) atoms. The fourth-order valence-electron chi connectivity index (χ4n) is 2.70. The standard InChI is InChI=1S/C14H22N2/c15-14(10-12-6-5-9-16-11-12)13-7-3-1-2-4-8-13/h5-6,9,11,13-14H,1-4,7-8,10,15H2. The molecule has 1 aliphatic rings. The number of hydrogen-bond donors (Lipinski definition) is 1. The first kappa shape index (κ1) is 11.6. The Bertz CT molecular complexity index is 289. The second-order valence-corrected chi connectivity index (χ2v) is 4.98. The Morgan fingerprint density at radius 3 is 2.62 bits per heavy atom. The van der Waals surface area contributed by atoms with Crippen LogP contribution in [0, 0.1) is 5.92 Å². The van der Waals surface area contributed by atoms with Crippen LogP contribution < -0.4 is 5.73 Å². The van der Waals surface area contributed by atoms with Crippen LogP contribution in [0.1, 0.15) is 44.1 Å². The van der Waals surface area contributed by atoms with Gasteiger partial charge in [0, 0.05) is 18.4 Å². The van der Waals surface area contributed by atoms with Crippen molar-refractivity contribution in [1.29, 1.82) is 0 Å². The Balaban J connectivity index is 1.89. The van der Waals surface area contributed by atoms with E-state index in [0.29, 0.717) is 6.04 Å². The molecule has 2 heteroatoms. The Morgan fingerprint density at radius 2 is 2.00 bits per heavy atom. The summed E-state index contributed by atoms with van der Waals surface area (Å²) in [5, 5.41) is 0. The molecule has 0 amide bonds. The van der Waals surface area contributed by atoms with E-state index in [-0.39, 0.29) is 0 Å². The highest BCUT2D eigenvalue weighted by Crippen LogP contribution is 2.26. The topological polar surface area (TPSA) is 38.9 Å². The van der Waals surface area contributed by atoms with Gasteiger partial charge in [-0.25, -0.2) is 0 Å². The fraction of sp³-hybridized carbons (Fsp3) is 0.643. The van der Waals surface area contributed by atoms with Gasteiger partial charge in [0.25, 0.3) is 0 Å². The molecule has 0 spiro atoms. The number of pyridine rings is 1. The third-order valence-electron chi connectivity index (χ3n) is 3.70. The Labute approximate surface area is 98.3 Å². The molecule has 1 aromatic heterocycles. The van der Waals surface area contributed by atoms with Crippen LogP contribution in [0.25, 0.3) is 0 Å². The quantitative estimate of drug-likeness (QED) is 0.792. The zero-order chi connectivity index (χ0) is 11.2. The molecule has 0 saturated heterocycles. The van der Waals surface area contributed by atoms with Crippen molar-refractivity contribution in [3.05, 3.63) is 30.1 Å². The average Bonchev–Trinajstić information content (AvgIpc) is 2.59. The molecule has 2 rings (SSSR count). The molecule has 1 fully saturated rings. The SMILES string of the molecule is NC(Cc1cccnc1)C1CCCCCC1. The normalized spacial score (nSPS) is 20.3. The number of aromatic nitrogens is 1. The lowest BCUT2D eigenvalue weighted by Gasteiger charge is -2.22. The molecule has 0 aliphatic heterocycles. The lowest BCUT2D eigenvalue weighted by Crippen LogP contribution is -2.32. The van der Waals surface area contributed by atoms with E-state index in [1.165, 1.54) is 44.1 Å². The fourth-order valence-corrected chi connectivity index (χ4v) is 2.70. The first-order valence-electron chi connectivity index (χ1n) is 6.51. The van der Waals surface area contributed by atoms with Crippen molar-refractivity contribution >= 4 is 0 Å². The van der Waals surface area contributed by atoms with E-state index in [1.807, 2.05) is 18.5 Å². The lowest BCUT2D eigenvalue weighted by atomic mass is 9.89. The molecular formula is C14H22N2. The summed E-state index contributed by atoms with van der Waals surface area (Å²) in [6.07, 6.45) is 12.9. The van der Waals surface area contributed by atoms with E-state index in [9.17, 15) is 0 Å². The number of rotatable bonds is 3. The van der Waals surface area contributed by atoms with E-state index >= 15 is 0 Å². The predicted molar refractivity (Wildman–Crippen MR) is 67.1 cm³/mol. The van der Waals surface area contributed by atoms with Crippen LogP contribution in [0.4, 0.5) is 0 Å². The Morgan fingerprint density at radius 1 is 1.25 bits per heavy atom. The monoisotopic (exact) mass is 218 g/mol. The molecule has 0 bridgehead atoms. The zero-order valence-electron chi connectivity index (χ0n) is 9.94. The highest BCUT2D eigenvalue weighted by atomic mass is 14.7. The van der Waals surface area contributed by atoms with E-state index in [4.69, 9.17) is 5.73 Å². The van der Waals surface area contributed by atoms with Gasteiger partial charge >= 0.3 is 0 Å². The summed E-state index contributed by atoms with van der Waals surface area (Å²) in [5.74, 6) is 0.725. The van der Waals surface area contributed by atoms with Crippen molar-refractivity contribution in [2.75, 3.05) is 0 Å². The van der Waals surface area contributed by atoms with Gasteiger partial charge in [0.05, 0.1) is 0 Å². The summed E-state index contributed by atoms with van der Waals surface area (Å²) in [4.78, 5) is 4.15. The van der Waals surface area contributed by atoms with Crippen molar-refractivity contribution in [2.24, 2.45) is 11.7 Å². The van der Waals surface area contributed by atoms with Crippen LogP contribution in [0.5, 0.6) is 0 Å². The third-order valence-corrected chi connectivity index (χ3v) is 3.70. The number of nitrogens with zero attached hydrogens (tertiary/aromatic N) is 1. The minimum atomic E-state index is 0.322. The maximum atomic E-state index is 6.32. The molecule has 2 nitrogen and oxygen atoms in total. The van der Waals surface area contributed by atoms with Gasteiger partial charge in [-0.1, -0.05) is 31.7 Å². The highest BCUT2D eigenvalue weighted by Gasteiger charge is 2.19. The van der Waals surface area contributed by atoms with Gasteiger partial charge in [0.1, 0.15) is 0 Å². The van der Waals surface area contributed by atoms with Crippen LogP contribution in [0.3, 0.4) is 0 Å². The summed E-state index contributed by atoms with van der Waals surface area (Å²) in [6.45, 7) is 0. The Kier molecular flexibility index (Phi) is 4.34. The first-order valence-corrected chi connectivity index (χ1v) is 6.51. The second kappa shape index (κ2) is 6.00. The predicted octanol–water partition coefficient (Wildman–Crippen LogP) is 2.92. The molecule has 2 N–H and O–H groups in total. The highest BCUT2D eigenvalue weighted by molar-refractivity contribution is 5.10. The zero-order valence-corrected chi connectivity index (χ0v) is 9.94. The summed E-state index contributed by atoms with van der Waals surface area (Å²) in [6, 6.07) is 4.45. The number of nitrogens with two attached hydrogens (primary N) is 1. The first-order chi connectivity index (χ1) is 7.86. The summed E-state index contributed by atoms with van der Waals surface area (Å²) >= 11 is 0. The molecule has 1 aliphatic carbocycles. The van der Waals surface area contributed by atoms with E-state index in [2.05, 4.69) is 11.1 Å². The smallest absolute Gasteiger partial charge is 0.0300 e. The lowest BCUT2D eigenvalue weighted by molar-refractivity contribution is 0.372. The third kappa shape index (κ3) is 3.31. The van der Waals surface area contributed by atoms with E-state index < -0.39 is 0 Å². The van der Waals surface area contributed by atoms with Crippen LogP contribution in [-0.4, -0.2) is 11.0 Å². The van der Waals surface area contributed by atoms with Gasteiger partial charge in [-0.05, 0) is 36.8 Å². The van der Waals surface area contributed by atoms with Gasteiger partial charge in [0.15, 0.2) is 0 Å². The van der Waals surface area contributed by atoms with Gasteiger partial charge in [-0.3, -0.25) is 4.98 Å². The van der Waals surface area contributed by atoms with Gasteiger partial charge < -0.3 is 5.73 Å². The molecule has 0 aromatic carbocycles. The maximum Gasteiger partial charge on any atom is 0.0300 e. The van der Waals surface area contributed by atoms with Gasteiger partial charge in [-0.2, -0.15) is 0 Å². The molecule has 1 aromatic rings. The second-order valence-electron chi connectivity index (χ2n) is 4.98. The molecule has 1 saturated carbocycles. The molecule has 1 heterocycles. The maximum absolute atomic E-state index is 6.32. The van der Waals surface area contributed by atoms with Crippen LogP contribution in [0.2, 0.25) is 0 Å². The summed E-state index contributed by atoms with van der Waals surface area (Å²) in [5.41, 5.74) is 7.60. The van der Waals surface area contributed by atoms with Crippen molar-refractivity contribution in [2.45, 2.75) is 51.0 Å². The largest absolute Gasteiger partial charge is 0.327 e. The van der Waals surface area contributed by atoms with Crippen molar-refractivity contribution in [3.8, 4) is 0 Å². The van der Waals surface area contributed by atoms with Crippen molar-refractivity contribution < 1.29 is 0 Å². The van der Waals surface area contributed by atoms with Gasteiger partial charge in [-0.15, -0.1) is 0 Å². The minimum absolute atomic E-state index is 0.322. The summed E-state index contributed by atoms with van der Waals surface area (Å²) in [7, 11) is 0. The molecule has 0 radical (unpaired) electrons. The minimum Gasteiger partial charge on any atom is -0.327 e. The molecular weight excluding hydrogens is 196 g/mol. The average molecular weight is 218 g/mol. The Hall–Kier alpha value is -0.890.